The van der Waals surface area contributed by atoms with Crippen LogP contribution in [0.4, 0.5) is 29.2 Å². The number of halogens is 4. The van der Waals surface area contributed by atoms with Crippen molar-refractivity contribution >= 4 is 17.5 Å². The predicted molar refractivity (Wildman–Crippen MR) is 139 cm³/mol. The van der Waals surface area contributed by atoms with Crippen molar-refractivity contribution < 1.29 is 22.4 Å². The molecule has 0 spiro atoms. The highest BCUT2D eigenvalue weighted by Crippen LogP contribution is 2.42. The zero-order valence-corrected chi connectivity index (χ0v) is 22.3. The Kier molecular flexibility index (Phi) is 6.86. The standard InChI is InChI=1S/C27H31F4N7O/c1-26(2)21-22(35-25(26)39)32-15-33-24(21)37-9-7-16(8-10-37)23-34-20(14-38(23)12-11-36(3)4)17-5-6-19(28)18(13-17)27(29,30)31/h5-6,13-16H,7-12H2,1-4H3,(H,32,33,35,39). The van der Waals surface area contributed by atoms with E-state index >= 15 is 0 Å². The van der Waals surface area contributed by atoms with Crippen LogP contribution >= 0.6 is 0 Å². The Labute approximate surface area is 224 Å². The smallest absolute Gasteiger partial charge is 0.356 e. The summed E-state index contributed by atoms with van der Waals surface area (Å²) in [6, 6.07) is 3.01. The maximum absolute atomic E-state index is 13.9. The Bertz CT molecular complexity index is 1390. The number of piperidine rings is 1. The van der Waals surface area contributed by atoms with Crippen molar-refractivity contribution in [2.75, 3.05) is 43.9 Å². The summed E-state index contributed by atoms with van der Waals surface area (Å²) in [5, 5.41) is 2.84. The molecule has 12 heteroatoms. The molecular formula is C27H31F4N7O. The van der Waals surface area contributed by atoms with E-state index in [0.29, 0.717) is 31.1 Å². The fraction of sp³-hybridized carbons (Fsp3) is 0.481. The van der Waals surface area contributed by atoms with Crippen LogP contribution in [0.2, 0.25) is 0 Å². The van der Waals surface area contributed by atoms with Crippen LogP contribution in [0.25, 0.3) is 11.3 Å². The zero-order chi connectivity index (χ0) is 28.1. The van der Waals surface area contributed by atoms with E-state index in [1.165, 1.54) is 12.4 Å². The molecule has 3 aromatic rings. The van der Waals surface area contributed by atoms with Crippen molar-refractivity contribution in [3.63, 3.8) is 0 Å². The molecule has 8 nitrogen and oxygen atoms in total. The molecule has 0 radical (unpaired) electrons. The van der Waals surface area contributed by atoms with E-state index in [-0.39, 0.29) is 17.4 Å². The molecule has 5 rings (SSSR count). The van der Waals surface area contributed by atoms with E-state index in [1.807, 2.05) is 37.4 Å². The summed E-state index contributed by atoms with van der Waals surface area (Å²) >= 11 is 0. The zero-order valence-electron chi connectivity index (χ0n) is 22.3. The van der Waals surface area contributed by atoms with Gasteiger partial charge in [-0.3, -0.25) is 4.79 Å². The number of benzene rings is 1. The molecule has 2 aliphatic rings. The first-order valence-electron chi connectivity index (χ1n) is 12.9. The second kappa shape index (κ2) is 9.89. The molecule has 4 heterocycles. The second-order valence-electron chi connectivity index (χ2n) is 10.9. The van der Waals surface area contributed by atoms with Crippen LogP contribution in [0.5, 0.6) is 0 Å². The molecule has 2 aliphatic heterocycles. The third-order valence-corrected chi connectivity index (χ3v) is 7.57. The molecule has 0 saturated carbocycles. The van der Waals surface area contributed by atoms with Gasteiger partial charge in [-0.25, -0.2) is 19.3 Å². The Hall–Kier alpha value is -3.54. The lowest BCUT2D eigenvalue weighted by atomic mass is 9.86. The number of fused-ring (bicyclic) bond motifs is 1. The number of amides is 1. The molecule has 208 valence electrons. The Morgan fingerprint density at radius 3 is 2.54 bits per heavy atom. The lowest BCUT2D eigenvalue weighted by Gasteiger charge is -2.34. The average Bonchev–Trinajstić information content (AvgIpc) is 3.40. The van der Waals surface area contributed by atoms with Crippen LogP contribution in [0.1, 0.15) is 49.6 Å². The third kappa shape index (κ3) is 5.09. The molecule has 2 aromatic heterocycles. The van der Waals surface area contributed by atoms with Gasteiger partial charge in [-0.2, -0.15) is 13.2 Å². The van der Waals surface area contributed by atoms with Crippen LogP contribution in [0, 0.1) is 5.82 Å². The monoisotopic (exact) mass is 545 g/mol. The Balaban J connectivity index is 1.42. The summed E-state index contributed by atoms with van der Waals surface area (Å²) in [5.41, 5.74) is -0.644. The molecule has 0 aliphatic carbocycles. The van der Waals surface area contributed by atoms with Gasteiger partial charge in [0.2, 0.25) is 5.91 Å². The van der Waals surface area contributed by atoms with Gasteiger partial charge >= 0.3 is 6.18 Å². The van der Waals surface area contributed by atoms with Gasteiger partial charge in [0.1, 0.15) is 29.6 Å². The van der Waals surface area contributed by atoms with Gasteiger partial charge in [0.15, 0.2) is 0 Å². The van der Waals surface area contributed by atoms with Gasteiger partial charge in [0.25, 0.3) is 0 Å². The Morgan fingerprint density at radius 1 is 1.15 bits per heavy atom. The molecular weight excluding hydrogens is 514 g/mol. The molecule has 1 N–H and O–H groups in total. The van der Waals surface area contributed by atoms with Gasteiger partial charge in [-0.1, -0.05) is 0 Å². The summed E-state index contributed by atoms with van der Waals surface area (Å²) in [6.45, 7) is 6.39. The van der Waals surface area contributed by atoms with Crippen molar-refractivity contribution in [3.05, 3.63) is 53.5 Å². The quantitative estimate of drug-likeness (QED) is 0.454. The lowest BCUT2D eigenvalue weighted by Crippen LogP contribution is -2.37. The van der Waals surface area contributed by atoms with Gasteiger partial charge in [-0.05, 0) is 59.0 Å². The van der Waals surface area contributed by atoms with E-state index in [1.54, 1.807) is 6.20 Å². The van der Waals surface area contributed by atoms with Crippen molar-refractivity contribution in [1.29, 1.82) is 0 Å². The normalized spacial score (nSPS) is 17.6. The molecule has 0 bridgehead atoms. The fourth-order valence-corrected chi connectivity index (χ4v) is 5.30. The summed E-state index contributed by atoms with van der Waals surface area (Å²) in [7, 11) is 3.90. The van der Waals surface area contributed by atoms with Crippen molar-refractivity contribution in [2.45, 2.75) is 50.7 Å². The SMILES string of the molecule is CN(C)CCn1cc(-c2ccc(F)c(C(F)(F)F)c2)nc1C1CCN(c2ncnc3c2C(C)(C)C(=O)N3)CC1. The molecule has 1 saturated heterocycles. The summed E-state index contributed by atoms with van der Waals surface area (Å²) < 4.78 is 56.0. The van der Waals surface area contributed by atoms with Gasteiger partial charge in [-0.15, -0.1) is 0 Å². The molecule has 1 amide bonds. The number of nitrogens with zero attached hydrogens (tertiary/aromatic N) is 6. The van der Waals surface area contributed by atoms with Crippen LogP contribution in [0.15, 0.2) is 30.7 Å². The highest BCUT2D eigenvalue weighted by molar-refractivity contribution is 6.06. The van der Waals surface area contributed by atoms with Crippen LogP contribution < -0.4 is 10.2 Å². The maximum Gasteiger partial charge on any atom is 0.419 e. The minimum atomic E-state index is -4.79. The minimum Gasteiger partial charge on any atom is -0.356 e. The second-order valence-corrected chi connectivity index (χ2v) is 10.9. The highest BCUT2D eigenvalue weighted by Gasteiger charge is 2.43. The van der Waals surface area contributed by atoms with E-state index < -0.39 is 23.0 Å². The largest absolute Gasteiger partial charge is 0.419 e. The van der Waals surface area contributed by atoms with Crippen LogP contribution in [-0.4, -0.2) is 64.1 Å². The number of hydrogen-bond acceptors (Lipinski definition) is 6. The molecule has 39 heavy (non-hydrogen) atoms. The predicted octanol–water partition coefficient (Wildman–Crippen LogP) is 4.67. The van der Waals surface area contributed by atoms with E-state index in [4.69, 9.17) is 4.98 Å². The van der Waals surface area contributed by atoms with Crippen LogP contribution in [-0.2, 0) is 22.9 Å². The number of nitrogens with one attached hydrogen (secondary N) is 1. The van der Waals surface area contributed by atoms with Crippen molar-refractivity contribution in [1.82, 2.24) is 24.4 Å². The number of carbonyl (C=O) groups excluding carboxylic acids is 1. The van der Waals surface area contributed by atoms with E-state index in [9.17, 15) is 22.4 Å². The fourth-order valence-electron chi connectivity index (χ4n) is 5.30. The highest BCUT2D eigenvalue weighted by atomic mass is 19.4. The number of alkyl halides is 3. The number of likely N-dealkylation sites (N-methyl/N-ethyl adjacent to an activating group) is 1. The maximum atomic E-state index is 13.9. The van der Waals surface area contributed by atoms with Crippen molar-refractivity contribution in [2.24, 2.45) is 0 Å². The summed E-state index contributed by atoms with van der Waals surface area (Å²) in [5.74, 6) is 0.737. The molecule has 0 unspecified atom stereocenters. The average molecular weight is 546 g/mol. The van der Waals surface area contributed by atoms with Crippen molar-refractivity contribution in [3.8, 4) is 11.3 Å². The van der Waals surface area contributed by atoms with E-state index in [2.05, 4.69) is 20.2 Å². The summed E-state index contributed by atoms with van der Waals surface area (Å²) in [4.78, 5) is 30.2. The first-order chi connectivity index (χ1) is 18.4. The Morgan fingerprint density at radius 2 is 1.87 bits per heavy atom. The van der Waals surface area contributed by atoms with Gasteiger partial charge < -0.3 is 19.7 Å². The number of aromatic nitrogens is 4. The molecule has 1 fully saturated rings. The topological polar surface area (TPSA) is 79.2 Å². The number of imidazole rings is 1. The number of anilines is 2. The first-order valence-corrected chi connectivity index (χ1v) is 12.9. The van der Waals surface area contributed by atoms with Gasteiger partial charge in [0.05, 0.1) is 22.2 Å². The van der Waals surface area contributed by atoms with Gasteiger partial charge in [0, 0.05) is 43.9 Å². The third-order valence-electron chi connectivity index (χ3n) is 7.57. The number of carbonyl (C=O) groups is 1. The summed E-state index contributed by atoms with van der Waals surface area (Å²) in [6.07, 6.45) is -0.0820. The molecule has 0 atom stereocenters. The molecule has 1 aromatic carbocycles. The first kappa shape index (κ1) is 27.0. The lowest BCUT2D eigenvalue weighted by molar-refractivity contribution is -0.140. The minimum absolute atomic E-state index is 0.0716. The number of rotatable bonds is 6. The van der Waals surface area contributed by atoms with Crippen LogP contribution in [0.3, 0.4) is 0 Å². The van der Waals surface area contributed by atoms with E-state index in [0.717, 1.165) is 48.7 Å². The number of hydrogen-bond donors (Lipinski definition) is 1.